The van der Waals surface area contributed by atoms with Crippen molar-refractivity contribution in [3.05, 3.63) is 35.5 Å². The SMILES string of the molecule is CC[C@@H](Nc1nc(Nc2cnc(N3CCOCC3)c(F)c2)c(C(N)=O)cc1F)[C@H](C)NC(=O)O. The predicted molar refractivity (Wildman–Crippen MR) is 122 cm³/mol. The molecule has 6 N–H and O–H groups in total. The topological polar surface area (TPSA) is 155 Å². The van der Waals surface area contributed by atoms with E-state index in [9.17, 15) is 18.4 Å². The number of hydrogen-bond acceptors (Lipinski definition) is 8. The van der Waals surface area contributed by atoms with Crippen molar-refractivity contribution in [2.45, 2.75) is 32.4 Å². The number of rotatable bonds is 9. The highest BCUT2D eigenvalue weighted by Gasteiger charge is 2.23. The van der Waals surface area contributed by atoms with E-state index in [2.05, 4.69) is 25.9 Å². The van der Waals surface area contributed by atoms with E-state index in [-0.39, 0.29) is 28.7 Å². The molecule has 34 heavy (non-hydrogen) atoms. The molecule has 0 aliphatic carbocycles. The second kappa shape index (κ2) is 10.9. The van der Waals surface area contributed by atoms with Gasteiger partial charge in [-0.3, -0.25) is 4.79 Å². The Balaban J connectivity index is 1.87. The smallest absolute Gasteiger partial charge is 0.404 e. The summed E-state index contributed by atoms with van der Waals surface area (Å²) < 4.78 is 34.7. The van der Waals surface area contributed by atoms with Gasteiger partial charge in [0.15, 0.2) is 23.3 Å². The summed E-state index contributed by atoms with van der Waals surface area (Å²) in [5, 5.41) is 16.9. The number of pyridine rings is 2. The first-order valence-corrected chi connectivity index (χ1v) is 10.7. The number of nitrogens with one attached hydrogen (secondary N) is 3. The van der Waals surface area contributed by atoms with E-state index in [0.29, 0.717) is 32.7 Å². The van der Waals surface area contributed by atoms with Gasteiger partial charge in [-0.15, -0.1) is 0 Å². The molecule has 0 aromatic carbocycles. The molecule has 184 valence electrons. The Morgan fingerprint density at radius 3 is 2.53 bits per heavy atom. The van der Waals surface area contributed by atoms with E-state index in [0.717, 1.165) is 6.07 Å². The number of anilines is 4. The van der Waals surface area contributed by atoms with Crippen LogP contribution in [0.2, 0.25) is 0 Å². The molecule has 1 aliphatic rings. The molecule has 1 aliphatic heterocycles. The van der Waals surface area contributed by atoms with Gasteiger partial charge >= 0.3 is 6.09 Å². The lowest BCUT2D eigenvalue weighted by molar-refractivity contribution is 0.1000. The standard InChI is InChI=1S/C21H27F2N7O4/c1-3-16(11(2)26-21(32)33)28-19-14(22)9-13(17(24)31)18(29-19)27-12-8-15(23)20(25-10-12)30-4-6-34-7-5-30/h8-11,16,26H,3-7H2,1-2H3,(H2,24,31)(H,32,33)(H2,27,28,29)/t11-,16+/m0/s1. The van der Waals surface area contributed by atoms with Crippen molar-refractivity contribution >= 4 is 35.1 Å². The first kappa shape index (κ1) is 24.9. The van der Waals surface area contributed by atoms with E-state index in [4.69, 9.17) is 15.6 Å². The summed E-state index contributed by atoms with van der Waals surface area (Å²) in [5.74, 6) is -2.54. The maximum Gasteiger partial charge on any atom is 0.404 e. The van der Waals surface area contributed by atoms with Gasteiger partial charge in [-0.2, -0.15) is 0 Å². The van der Waals surface area contributed by atoms with Crippen molar-refractivity contribution in [3.8, 4) is 0 Å². The van der Waals surface area contributed by atoms with Crippen LogP contribution in [0.5, 0.6) is 0 Å². The van der Waals surface area contributed by atoms with Crippen LogP contribution < -0.4 is 26.6 Å². The molecular formula is C21H27F2N7O4. The molecular weight excluding hydrogens is 452 g/mol. The molecule has 13 heteroatoms. The second-order valence-corrected chi connectivity index (χ2v) is 7.73. The Hall–Kier alpha value is -3.74. The number of nitrogens with two attached hydrogens (primary N) is 1. The van der Waals surface area contributed by atoms with E-state index in [1.807, 2.05) is 0 Å². The zero-order valence-corrected chi connectivity index (χ0v) is 18.8. The first-order valence-electron chi connectivity index (χ1n) is 10.7. The molecule has 0 bridgehead atoms. The summed E-state index contributed by atoms with van der Waals surface area (Å²) in [6.07, 6.45) is 0.591. The molecule has 1 fully saturated rings. The molecule has 2 amide bonds. The largest absolute Gasteiger partial charge is 0.465 e. The summed E-state index contributed by atoms with van der Waals surface area (Å²) in [5.41, 5.74) is 5.31. The van der Waals surface area contributed by atoms with Crippen molar-refractivity contribution in [3.63, 3.8) is 0 Å². The van der Waals surface area contributed by atoms with Gasteiger partial charge in [0.05, 0.1) is 30.7 Å². The lowest BCUT2D eigenvalue weighted by atomic mass is 10.1. The van der Waals surface area contributed by atoms with Gasteiger partial charge in [0.25, 0.3) is 5.91 Å². The Morgan fingerprint density at radius 2 is 1.94 bits per heavy atom. The zero-order valence-electron chi connectivity index (χ0n) is 18.8. The Kier molecular flexibility index (Phi) is 7.99. The molecule has 2 aromatic heterocycles. The Morgan fingerprint density at radius 1 is 1.24 bits per heavy atom. The van der Waals surface area contributed by atoms with Crippen LogP contribution in [-0.4, -0.2) is 65.5 Å². The van der Waals surface area contributed by atoms with Crippen LogP contribution in [0, 0.1) is 11.6 Å². The maximum atomic E-state index is 14.7. The number of carbonyl (C=O) groups is 2. The lowest BCUT2D eigenvalue weighted by Crippen LogP contribution is -2.44. The minimum Gasteiger partial charge on any atom is -0.465 e. The van der Waals surface area contributed by atoms with Gasteiger partial charge < -0.3 is 36.4 Å². The molecule has 11 nitrogen and oxygen atoms in total. The van der Waals surface area contributed by atoms with Gasteiger partial charge in [0.1, 0.15) is 5.82 Å². The fraction of sp³-hybridized carbons (Fsp3) is 0.429. The first-order chi connectivity index (χ1) is 16.2. The van der Waals surface area contributed by atoms with Crippen LogP contribution in [0.25, 0.3) is 0 Å². The average Bonchev–Trinajstić information content (AvgIpc) is 2.79. The van der Waals surface area contributed by atoms with E-state index >= 15 is 0 Å². The van der Waals surface area contributed by atoms with Crippen molar-refractivity contribution in [2.75, 3.05) is 41.8 Å². The molecule has 0 radical (unpaired) electrons. The number of amides is 2. The van der Waals surface area contributed by atoms with Gasteiger partial charge in [0, 0.05) is 31.2 Å². The number of halogens is 2. The quantitative estimate of drug-likeness (QED) is 0.364. The highest BCUT2D eigenvalue weighted by atomic mass is 19.1. The molecule has 0 spiro atoms. The second-order valence-electron chi connectivity index (χ2n) is 7.73. The van der Waals surface area contributed by atoms with Crippen LogP contribution in [0.15, 0.2) is 18.3 Å². The van der Waals surface area contributed by atoms with E-state index in [1.54, 1.807) is 18.7 Å². The predicted octanol–water partition coefficient (Wildman–Crippen LogP) is 2.28. The van der Waals surface area contributed by atoms with Gasteiger partial charge in [-0.25, -0.2) is 23.5 Å². The van der Waals surface area contributed by atoms with E-state index < -0.39 is 35.7 Å². The van der Waals surface area contributed by atoms with Gasteiger partial charge in [0.2, 0.25) is 0 Å². The van der Waals surface area contributed by atoms with Crippen molar-refractivity contribution in [1.82, 2.24) is 15.3 Å². The third-order valence-electron chi connectivity index (χ3n) is 5.35. The number of ether oxygens (including phenoxy) is 1. The van der Waals surface area contributed by atoms with Crippen LogP contribution in [-0.2, 0) is 4.74 Å². The molecule has 0 saturated carbocycles. The molecule has 2 aromatic rings. The molecule has 0 unspecified atom stereocenters. The summed E-state index contributed by atoms with van der Waals surface area (Å²) in [4.78, 5) is 32.9. The fourth-order valence-corrected chi connectivity index (χ4v) is 3.57. The van der Waals surface area contributed by atoms with E-state index in [1.165, 1.54) is 12.3 Å². The summed E-state index contributed by atoms with van der Waals surface area (Å²) >= 11 is 0. The summed E-state index contributed by atoms with van der Waals surface area (Å²) in [6.45, 7) is 5.36. The summed E-state index contributed by atoms with van der Waals surface area (Å²) in [7, 11) is 0. The lowest BCUT2D eigenvalue weighted by Gasteiger charge is -2.28. The van der Waals surface area contributed by atoms with Gasteiger partial charge in [-0.1, -0.05) is 6.92 Å². The van der Waals surface area contributed by atoms with Crippen LogP contribution in [0.4, 0.5) is 36.7 Å². The highest BCUT2D eigenvalue weighted by Crippen LogP contribution is 2.27. The number of nitrogens with zero attached hydrogens (tertiary/aromatic N) is 3. The minimum absolute atomic E-state index is 0.106. The average molecular weight is 479 g/mol. The fourth-order valence-electron chi connectivity index (χ4n) is 3.57. The molecule has 3 heterocycles. The number of hydrogen-bond donors (Lipinski definition) is 5. The maximum absolute atomic E-state index is 14.7. The monoisotopic (exact) mass is 479 g/mol. The molecule has 3 rings (SSSR count). The van der Waals surface area contributed by atoms with Crippen LogP contribution in [0.1, 0.15) is 30.6 Å². The van der Waals surface area contributed by atoms with Crippen LogP contribution >= 0.6 is 0 Å². The zero-order chi connectivity index (χ0) is 24.8. The third kappa shape index (κ3) is 5.98. The van der Waals surface area contributed by atoms with Crippen molar-refractivity contribution < 1.29 is 28.2 Å². The van der Waals surface area contributed by atoms with Crippen molar-refractivity contribution in [1.29, 1.82) is 0 Å². The Bertz CT molecular complexity index is 1050. The number of morpholine rings is 1. The minimum atomic E-state index is -1.22. The third-order valence-corrected chi connectivity index (χ3v) is 5.35. The normalized spacial score (nSPS) is 15.4. The molecule has 2 atom stereocenters. The van der Waals surface area contributed by atoms with Gasteiger partial charge in [-0.05, 0) is 19.4 Å². The number of primary amides is 1. The number of carboxylic acid groups (broad SMARTS) is 1. The number of carbonyl (C=O) groups excluding carboxylic acids is 1. The summed E-state index contributed by atoms with van der Waals surface area (Å²) in [6, 6.07) is 1.03. The Labute approximate surface area is 194 Å². The highest BCUT2D eigenvalue weighted by molar-refractivity contribution is 5.98. The number of aromatic nitrogens is 2. The van der Waals surface area contributed by atoms with Crippen LogP contribution in [0.3, 0.4) is 0 Å². The molecule has 1 saturated heterocycles. The van der Waals surface area contributed by atoms with Crippen molar-refractivity contribution in [2.24, 2.45) is 5.73 Å².